The van der Waals surface area contributed by atoms with E-state index < -0.39 is 0 Å². The van der Waals surface area contributed by atoms with Crippen LogP contribution in [0.25, 0.3) is 0 Å². The minimum Gasteiger partial charge on any atom is -0.324 e. The second-order valence-electron chi connectivity index (χ2n) is 4.20. The molecule has 1 aromatic carbocycles. The van der Waals surface area contributed by atoms with Crippen LogP contribution in [0.3, 0.4) is 0 Å². The van der Waals surface area contributed by atoms with E-state index in [0.29, 0.717) is 21.3 Å². The molecule has 6 heteroatoms. The molecule has 1 unspecified atom stereocenters. The minimum atomic E-state index is -0.385. The number of hydrogen-bond acceptors (Lipinski definition) is 4. The molecule has 2 aromatic rings. The molecule has 0 aliphatic carbocycles. The van der Waals surface area contributed by atoms with E-state index in [1.54, 1.807) is 49.5 Å². The lowest BCUT2D eigenvalue weighted by atomic mass is 10.2. The van der Waals surface area contributed by atoms with Gasteiger partial charge in [-0.2, -0.15) is 5.26 Å². The number of rotatable bonds is 4. The largest absolute Gasteiger partial charge is 0.324 e. The molecule has 0 bridgehead atoms. The van der Waals surface area contributed by atoms with Crippen LogP contribution in [0.4, 0.5) is 5.69 Å². The molecule has 0 aliphatic rings. The molecule has 0 spiro atoms. The number of thioether (sulfide) groups is 1. The molecule has 106 valence electrons. The number of halogens is 1. The zero-order valence-corrected chi connectivity index (χ0v) is 12.8. The van der Waals surface area contributed by atoms with Gasteiger partial charge in [-0.05, 0) is 31.2 Å². The molecule has 0 aliphatic heterocycles. The van der Waals surface area contributed by atoms with Gasteiger partial charge < -0.3 is 5.32 Å². The molecule has 1 N–H and O–H groups in total. The van der Waals surface area contributed by atoms with Gasteiger partial charge in [0.2, 0.25) is 5.91 Å². The molecular weight excluding hydrogens is 306 g/mol. The standard InChI is InChI=1S/C15H12ClN3OS/c1-10(21-15-12(16)6-4-8-18-15)14(20)19-13-7-3-2-5-11(13)9-17/h2-8,10H,1H3,(H,19,20). The second-order valence-corrected chi connectivity index (χ2v) is 5.93. The van der Waals surface area contributed by atoms with Gasteiger partial charge in [0.1, 0.15) is 11.1 Å². The number of nitrogens with zero attached hydrogens (tertiary/aromatic N) is 2. The topological polar surface area (TPSA) is 65.8 Å². The van der Waals surface area contributed by atoms with Crippen LogP contribution in [-0.4, -0.2) is 16.1 Å². The summed E-state index contributed by atoms with van der Waals surface area (Å²) in [6, 6.07) is 12.4. The van der Waals surface area contributed by atoms with Gasteiger partial charge in [-0.3, -0.25) is 4.79 Å². The quantitative estimate of drug-likeness (QED) is 0.873. The maximum atomic E-state index is 12.2. The van der Waals surface area contributed by atoms with E-state index in [2.05, 4.69) is 10.3 Å². The van der Waals surface area contributed by atoms with Crippen molar-refractivity contribution in [1.82, 2.24) is 4.98 Å². The molecule has 1 atom stereocenters. The monoisotopic (exact) mass is 317 g/mol. The molecule has 0 saturated heterocycles. The SMILES string of the molecule is CC(Sc1ncccc1Cl)C(=O)Nc1ccccc1C#N. The summed E-state index contributed by atoms with van der Waals surface area (Å²) in [7, 11) is 0. The Hall–Kier alpha value is -2.03. The van der Waals surface area contributed by atoms with E-state index in [0.717, 1.165) is 0 Å². The number of carbonyl (C=O) groups is 1. The fourth-order valence-electron chi connectivity index (χ4n) is 1.60. The van der Waals surface area contributed by atoms with Crippen LogP contribution in [0, 0.1) is 11.3 Å². The maximum Gasteiger partial charge on any atom is 0.237 e. The lowest BCUT2D eigenvalue weighted by Gasteiger charge is -2.12. The van der Waals surface area contributed by atoms with Crippen molar-refractivity contribution in [2.24, 2.45) is 0 Å². The highest BCUT2D eigenvalue weighted by Crippen LogP contribution is 2.28. The lowest BCUT2D eigenvalue weighted by Crippen LogP contribution is -2.23. The van der Waals surface area contributed by atoms with Crippen molar-refractivity contribution in [2.75, 3.05) is 5.32 Å². The number of amides is 1. The predicted octanol–water partition coefficient (Wildman–Crippen LogP) is 3.73. The number of anilines is 1. The van der Waals surface area contributed by atoms with Crippen LogP contribution < -0.4 is 5.32 Å². The Bertz CT molecular complexity index is 699. The molecular formula is C15H12ClN3OS. The first-order chi connectivity index (χ1) is 10.1. The van der Waals surface area contributed by atoms with Gasteiger partial charge in [0.15, 0.2) is 0 Å². The van der Waals surface area contributed by atoms with Gasteiger partial charge in [-0.1, -0.05) is 35.5 Å². The van der Waals surface area contributed by atoms with Crippen LogP contribution >= 0.6 is 23.4 Å². The Balaban J connectivity index is 2.07. The number of benzene rings is 1. The number of nitrogens with one attached hydrogen (secondary N) is 1. The summed E-state index contributed by atoms with van der Waals surface area (Å²) in [4.78, 5) is 16.3. The zero-order chi connectivity index (χ0) is 15.2. The first kappa shape index (κ1) is 15.4. The summed E-state index contributed by atoms with van der Waals surface area (Å²) >= 11 is 7.30. The van der Waals surface area contributed by atoms with Crippen LogP contribution in [0.15, 0.2) is 47.6 Å². The van der Waals surface area contributed by atoms with Crippen molar-refractivity contribution in [3.63, 3.8) is 0 Å². The average Bonchev–Trinajstić information content (AvgIpc) is 2.50. The summed E-state index contributed by atoms with van der Waals surface area (Å²) in [5.74, 6) is -0.204. The molecule has 1 heterocycles. The van der Waals surface area contributed by atoms with E-state index in [4.69, 9.17) is 16.9 Å². The summed E-state index contributed by atoms with van der Waals surface area (Å²) in [5, 5.41) is 12.5. The zero-order valence-electron chi connectivity index (χ0n) is 11.2. The van der Waals surface area contributed by atoms with Crippen molar-refractivity contribution in [3.05, 3.63) is 53.2 Å². The van der Waals surface area contributed by atoms with E-state index in [9.17, 15) is 4.79 Å². The van der Waals surface area contributed by atoms with Crippen LogP contribution in [0.1, 0.15) is 12.5 Å². The normalized spacial score (nSPS) is 11.5. The van der Waals surface area contributed by atoms with E-state index in [1.807, 2.05) is 6.07 Å². The molecule has 21 heavy (non-hydrogen) atoms. The van der Waals surface area contributed by atoms with Gasteiger partial charge in [0.05, 0.1) is 21.5 Å². The summed E-state index contributed by atoms with van der Waals surface area (Å²) < 4.78 is 0. The number of para-hydroxylation sites is 1. The molecule has 0 fully saturated rings. The first-order valence-electron chi connectivity index (χ1n) is 6.19. The maximum absolute atomic E-state index is 12.2. The van der Waals surface area contributed by atoms with Crippen molar-refractivity contribution in [3.8, 4) is 6.07 Å². The highest BCUT2D eigenvalue weighted by atomic mass is 35.5. The fourth-order valence-corrected chi connectivity index (χ4v) is 2.66. The number of pyridine rings is 1. The third-order valence-electron chi connectivity index (χ3n) is 2.69. The Kier molecular flexibility index (Phi) is 5.20. The van der Waals surface area contributed by atoms with E-state index >= 15 is 0 Å². The summed E-state index contributed by atoms with van der Waals surface area (Å²) in [6.07, 6.45) is 1.63. The Labute approximate surface area is 132 Å². The number of aromatic nitrogens is 1. The number of carbonyl (C=O) groups excluding carboxylic acids is 1. The molecule has 4 nitrogen and oxygen atoms in total. The highest BCUT2D eigenvalue weighted by Gasteiger charge is 2.17. The van der Waals surface area contributed by atoms with Gasteiger partial charge in [-0.25, -0.2) is 4.98 Å². The minimum absolute atomic E-state index is 0.204. The third kappa shape index (κ3) is 3.97. The summed E-state index contributed by atoms with van der Waals surface area (Å²) in [6.45, 7) is 1.76. The van der Waals surface area contributed by atoms with Crippen LogP contribution in [0.2, 0.25) is 5.02 Å². The molecule has 0 saturated carbocycles. The van der Waals surface area contributed by atoms with Crippen molar-refractivity contribution >= 4 is 35.0 Å². The fraction of sp³-hybridized carbons (Fsp3) is 0.133. The third-order valence-corrected chi connectivity index (χ3v) is 4.22. The molecule has 0 radical (unpaired) electrons. The summed E-state index contributed by atoms with van der Waals surface area (Å²) in [5.41, 5.74) is 0.934. The van der Waals surface area contributed by atoms with Crippen LogP contribution in [0.5, 0.6) is 0 Å². The van der Waals surface area contributed by atoms with Gasteiger partial charge in [0, 0.05) is 6.20 Å². The Morgan fingerprint density at radius 1 is 1.38 bits per heavy atom. The van der Waals surface area contributed by atoms with Crippen molar-refractivity contribution < 1.29 is 4.79 Å². The molecule has 2 rings (SSSR count). The number of hydrogen-bond donors (Lipinski definition) is 1. The smallest absolute Gasteiger partial charge is 0.237 e. The van der Waals surface area contributed by atoms with E-state index in [1.165, 1.54) is 11.8 Å². The lowest BCUT2D eigenvalue weighted by molar-refractivity contribution is -0.115. The van der Waals surface area contributed by atoms with Gasteiger partial charge >= 0.3 is 0 Å². The average molecular weight is 318 g/mol. The Morgan fingerprint density at radius 3 is 2.86 bits per heavy atom. The molecule has 1 amide bonds. The second kappa shape index (κ2) is 7.11. The van der Waals surface area contributed by atoms with Crippen molar-refractivity contribution in [1.29, 1.82) is 5.26 Å². The first-order valence-corrected chi connectivity index (χ1v) is 7.44. The van der Waals surface area contributed by atoms with Crippen LogP contribution in [-0.2, 0) is 4.79 Å². The highest BCUT2D eigenvalue weighted by molar-refractivity contribution is 8.00. The predicted molar refractivity (Wildman–Crippen MR) is 84.4 cm³/mol. The van der Waals surface area contributed by atoms with Gasteiger partial charge in [-0.15, -0.1) is 0 Å². The van der Waals surface area contributed by atoms with Crippen molar-refractivity contribution in [2.45, 2.75) is 17.2 Å². The van der Waals surface area contributed by atoms with Gasteiger partial charge in [0.25, 0.3) is 0 Å². The van der Waals surface area contributed by atoms with E-state index in [-0.39, 0.29) is 11.2 Å². The Morgan fingerprint density at radius 2 is 2.14 bits per heavy atom. The number of nitriles is 1. The molecule has 1 aromatic heterocycles.